The fourth-order valence-electron chi connectivity index (χ4n) is 2.80. The van der Waals surface area contributed by atoms with Gasteiger partial charge in [-0.2, -0.15) is 4.99 Å². The molecule has 150 valence electrons. The normalized spacial score (nSPS) is 11.6. The number of nitrogens with zero attached hydrogens (tertiary/aromatic N) is 3. The van der Waals surface area contributed by atoms with Gasteiger partial charge in [0.25, 0.3) is 11.6 Å². The van der Waals surface area contributed by atoms with Gasteiger partial charge in [0.05, 0.1) is 28.2 Å². The molecule has 0 radical (unpaired) electrons. The second kappa shape index (κ2) is 8.78. The van der Waals surface area contributed by atoms with E-state index in [1.165, 1.54) is 35.6 Å². The maximum absolute atomic E-state index is 12.6. The molecule has 0 saturated heterocycles. The van der Waals surface area contributed by atoms with Crippen molar-refractivity contribution in [3.05, 3.63) is 68.5 Å². The molecule has 0 aliphatic heterocycles. The van der Waals surface area contributed by atoms with Crippen molar-refractivity contribution < 1.29 is 19.2 Å². The van der Waals surface area contributed by atoms with Crippen LogP contribution in [0.15, 0.2) is 47.5 Å². The van der Waals surface area contributed by atoms with Crippen molar-refractivity contribution in [3.8, 4) is 0 Å². The van der Waals surface area contributed by atoms with Crippen LogP contribution in [0.1, 0.15) is 29.3 Å². The molecule has 0 unspecified atom stereocenters. The Hall–Kier alpha value is -3.33. The summed E-state index contributed by atoms with van der Waals surface area (Å²) < 4.78 is 7.76. The van der Waals surface area contributed by atoms with Crippen molar-refractivity contribution in [2.45, 2.75) is 26.8 Å². The second-order valence-corrected chi connectivity index (χ2v) is 7.29. The van der Waals surface area contributed by atoms with E-state index in [0.29, 0.717) is 18.0 Å². The summed E-state index contributed by atoms with van der Waals surface area (Å²) in [6, 6.07) is 11.2. The number of nitro groups is 1. The van der Waals surface area contributed by atoms with Crippen LogP contribution in [0.3, 0.4) is 0 Å². The SMILES string of the molecule is CCOC(=O)CCn1c(=NC(=O)c2ccc([N+](=O)[O-])cc2)sc2cc(C)ccc21. The van der Waals surface area contributed by atoms with E-state index in [1.54, 1.807) is 6.92 Å². The summed E-state index contributed by atoms with van der Waals surface area (Å²) >= 11 is 1.35. The molecule has 0 N–H and O–H groups in total. The summed E-state index contributed by atoms with van der Waals surface area (Å²) in [7, 11) is 0. The van der Waals surface area contributed by atoms with Gasteiger partial charge in [-0.25, -0.2) is 0 Å². The van der Waals surface area contributed by atoms with Crippen LogP contribution in [0.2, 0.25) is 0 Å². The molecule has 1 aromatic heterocycles. The number of nitro benzene ring substituents is 1. The van der Waals surface area contributed by atoms with Crippen molar-refractivity contribution in [1.82, 2.24) is 4.57 Å². The van der Waals surface area contributed by atoms with Gasteiger partial charge < -0.3 is 9.30 Å². The zero-order valence-electron chi connectivity index (χ0n) is 16.0. The number of fused-ring (bicyclic) bond motifs is 1. The highest BCUT2D eigenvalue weighted by molar-refractivity contribution is 7.16. The van der Waals surface area contributed by atoms with Crippen LogP contribution < -0.4 is 4.80 Å². The van der Waals surface area contributed by atoms with Crippen LogP contribution in [0, 0.1) is 17.0 Å². The van der Waals surface area contributed by atoms with Gasteiger partial charge in [0.1, 0.15) is 0 Å². The third-order valence-corrected chi connectivity index (χ3v) is 5.25. The molecule has 0 atom stereocenters. The van der Waals surface area contributed by atoms with Crippen LogP contribution in [0.25, 0.3) is 10.2 Å². The number of carbonyl (C=O) groups is 2. The smallest absolute Gasteiger partial charge is 0.307 e. The van der Waals surface area contributed by atoms with Gasteiger partial charge >= 0.3 is 5.97 Å². The van der Waals surface area contributed by atoms with Gasteiger partial charge in [-0.3, -0.25) is 19.7 Å². The molecule has 0 aliphatic rings. The van der Waals surface area contributed by atoms with E-state index in [-0.39, 0.29) is 23.6 Å². The van der Waals surface area contributed by atoms with E-state index in [2.05, 4.69) is 4.99 Å². The first-order chi connectivity index (χ1) is 13.9. The lowest BCUT2D eigenvalue weighted by atomic mass is 10.2. The Bertz CT molecular complexity index is 1150. The molecule has 29 heavy (non-hydrogen) atoms. The molecule has 0 fully saturated rings. The number of carbonyl (C=O) groups excluding carboxylic acids is 2. The first kappa shape index (κ1) is 20.4. The number of rotatable bonds is 6. The summed E-state index contributed by atoms with van der Waals surface area (Å²) in [6.45, 7) is 4.36. The summed E-state index contributed by atoms with van der Waals surface area (Å²) in [5.41, 5.74) is 2.11. The molecule has 3 aromatic rings. The molecule has 1 amide bonds. The molecular weight excluding hydrogens is 394 g/mol. The minimum Gasteiger partial charge on any atom is -0.466 e. The summed E-state index contributed by atoms with van der Waals surface area (Å²) in [5, 5.41) is 10.8. The Morgan fingerprint density at radius 3 is 2.59 bits per heavy atom. The molecule has 0 saturated carbocycles. The molecule has 1 heterocycles. The number of aromatic nitrogens is 1. The highest BCUT2D eigenvalue weighted by Gasteiger charge is 2.13. The van der Waals surface area contributed by atoms with E-state index in [4.69, 9.17) is 4.74 Å². The number of non-ortho nitro benzene ring substituents is 1. The Labute approximate surface area is 170 Å². The third-order valence-electron chi connectivity index (χ3n) is 4.21. The first-order valence-electron chi connectivity index (χ1n) is 8.98. The number of esters is 1. The van der Waals surface area contributed by atoms with Crippen molar-refractivity contribution in [3.63, 3.8) is 0 Å². The quantitative estimate of drug-likeness (QED) is 0.349. The third kappa shape index (κ3) is 4.75. The van der Waals surface area contributed by atoms with Crippen LogP contribution >= 0.6 is 11.3 Å². The molecule has 2 aromatic carbocycles. The number of hydrogen-bond acceptors (Lipinski definition) is 6. The van der Waals surface area contributed by atoms with Crippen molar-refractivity contribution in [2.24, 2.45) is 4.99 Å². The number of thiazole rings is 1. The zero-order chi connectivity index (χ0) is 21.0. The van der Waals surface area contributed by atoms with Gasteiger partial charge in [-0.05, 0) is 43.7 Å². The first-order valence-corrected chi connectivity index (χ1v) is 9.80. The lowest BCUT2D eigenvalue weighted by Gasteiger charge is -2.05. The minimum atomic E-state index is -0.525. The lowest BCUT2D eigenvalue weighted by molar-refractivity contribution is -0.384. The summed E-state index contributed by atoms with van der Waals surface area (Å²) in [6.07, 6.45) is 0.159. The average Bonchev–Trinajstić information content (AvgIpc) is 3.02. The maximum atomic E-state index is 12.6. The van der Waals surface area contributed by atoms with Crippen molar-refractivity contribution in [2.75, 3.05) is 6.61 Å². The number of amides is 1. The Kier molecular flexibility index (Phi) is 6.18. The van der Waals surface area contributed by atoms with Gasteiger partial charge in [0.15, 0.2) is 4.80 Å². The second-order valence-electron chi connectivity index (χ2n) is 6.28. The molecule has 0 aliphatic carbocycles. The number of hydrogen-bond donors (Lipinski definition) is 0. The Balaban J connectivity index is 1.99. The van der Waals surface area contributed by atoms with E-state index in [0.717, 1.165) is 15.8 Å². The minimum absolute atomic E-state index is 0.0941. The van der Waals surface area contributed by atoms with Gasteiger partial charge in [0, 0.05) is 24.2 Å². The molecule has 0 bridgehead atoms. The number of benzene rings is 2. The molecule has 0 spiro atoms. The van der Waals surface area contributed by atoms with Crippen LogP contribution in [-0.4, -0.2) is 28.0 Å². The van der Waals surface area contributed by atoms with Crippen LogP contribution in [0.4, 0.5) is 5.69 Å². The fourth-order valence-corrected chi connectivity index (χ4v) is 3.95. The number of aryl methyl sites for hydroxylation is 2. The van der Waals surface area contributed by atoms with Gasteiger partial charge in [-0.15, -0.1) is 0 Å². The highest BCUT2D eigenvalue weighted by Crippen LogP contribution is 2.20. The van der Waals surface area contributed by atoms with E-state index >= 15 is 0 Å². The summed E-state index contributed by atoms with van der Waals surface area (Å²) in [5.74, 6) is -0.827. The Morgan fingerprint density at radius 2 is 1.93 bits per heavy atom. The van der Waals surface area contributed by atoms with E-state index < -0.39 is 10.8 Å². The van der Waals surface area contributed by atoms with Crippen LogP contribution in [-0.2, 0) is 16.1 Å². The maximum Gasteiger partial charge on any atom is 0.307 e. The zero-order valence-corrected chi connectivity index (χ0v) is 16.8. The number of ether oxygens (including phenoxy) is 1. The Morgan fingerprint density at radius 1 is 1.21 bits per heavy atom. The molecule has 9 heteroatoms. The largest absolute Gasteiger partial charge is 0.466 e. The standard InChI is InChI=1S/C20H19N3O5S/c1-3-28-18(24)10-11-22-16-9-4-13(2)12-17(16)29-20(22)21-19(25)14-5-7-15(8-6-14)23(26)27/h4-9,12H,3,10-11H2,1-2H3. The lowest BCUT2D eigenvalue weighted by Crippen LogP contribution is -2.19. The highest BCUT2D eigenvalue weighted by atomic mass is 32.1. The van der Waals surface area contributed by atoms with E-state index in [9.17, 15) is 19.7 Å². The van der Waals surface area contributed by atoms with Gasteiger partial charge in [-0.1, -0.05) is 17.4 Å². The predicted octanol–water partition coefficient (Wildman–Crippen LogP) is 3.61. The van der Waals surface area contributed by atoms with Crippen molar-refractivity contribution >= 4 is 39.1 Å². The molecule has 8 nitrogen and oxygen atoms in total. The molecule has 3 rings (SSSR count). The molecular formula is C20H19N3O5S. The van der Waals surface area contributed by atoms with Crippen LogP contribution in [0.5, 0.6) is 0 Å². The van der Waals surface area contributed by atoms with Gasteiger partial charge in [0.2, 0.25) is 0 Å². The average molecular weight is 413 g/mol. The van der Waals surface area contributed by atoms with E-state index in [1.807, 2.05) is 29.7 Å². The predicted molar refractivity (Wildman–Crippen MR) is 109 cm³/mol. The monoisotopic (exact) mass is 413 g/mol. The topological polar surface area (TPSA) is 104 Å². The van der Waals surface area contributed by atoms with Crippen molar-refractivity contribution in [1.29, 1.82) is 0 Å². The fraction of sp³-hybridized carbons (Fsp3) is 0.250. The summed E-state index contributed by atoms with van der Waals surface area (Å²) in [4.78, 5) is 39.3.